The summed E-state index contributed by atoms with van der Waals surface area (Å²) < 4.78 is 0. The number of amides is 2. The van der Waals surface area contributed by atoms with Gasteiger partial charge in [0.15, 0.2) is 0 Å². The second-order valence-electron chi connectivity index (χ2n) is 4.48. The first-order valence-electron chi connectivity index (χ1n) is 9.40. The number of hydrogen-bond acceptors (Lipinski definition) is 4. The van der Waals surface area contributed by atoms with Gasteiger partial charge in [-0.2, -0.15) is 0 Å². The number of aldehydes is 1. The van der Waals surface area contributed by atoms with Crippen molar-refractivity contribution in [2.45, 2.75) is 81.1 Å². The minimum absolute atomic E-state index is 0.126. The van der Waals surface area contributed by atoms with Gasteiger partial charge in [-0.05, 0) is 6.92 Å². The number of aliphatic carboxylic acids is 1. The maximum absolute atomic E-state index is 11.1. The smallest absolute Gasteiger partial charge is 0.304 e. The van der Waals surface area contributed by atoms with Crippen LogP contribution in [0, 0.1) is 5.92 Å². The number of unbranched alkanes of at least 4 members (excludes halogenated alkanes) is 2. The van der Waals surface area contributed by atoms with Crippen molar-refractivity contribution >= 4 is 24.1 Å². The van der Waals surface area contributed by atoms with Crippen molar-refractivity contribution in [1.82, 2.24) is 10.6 Å². The van der Waals surface area contributed by atoms with Gasteiger partial charge < -0.3 is 20.5 Å². The zero-order valence-corrected chi connectivity index (χ0v) is 18.3. The van der Waals surface area contributed by atoms with E-state index >= 15 is 0 Å². The Hall–Kier alpha value is -1.92. The summed E-state index contributed by atoms with van der Waals surface area (Å²) >= 11 is 0. The van der Waals surface area contributed by atoms with E-state index in [0.29, 0.717) is 0 Å². The lowest BCUT2D eigenvalue weighted by molar-refractivity contribution is -0.140. The van der Waals surface area contributed by atoms with Gasteiger partial charge in [0.25, 0.3) is 0 Å². The highest BCUT2D eigenvalue weighted by Crippen LogP contribution is 2.00. The number of likely N-dealkylation sites (N-methyl/N-ethyl adjacent to an activating group) is 1. The van der Waals surface area contributed by atoms with Gasteiger partial charge in [0.2, 0.25) is 11.8 Å². The third kappa shape index (κ3) is 43.1. The summed E-state index contributed by atoms with van der Waals surface area (Å²) in [7, 11) is 1.45. The molecule has 0 aliphatic rings. The summed E-state index contributed by atoms with van der Waals surface area (Å²) in [5.41, 5.74) is 0. The molecule has 0 radical (unpaired) electrons. The number of carbonyl (C=O) groups excluding carboxylic acids is 3. The van der Waals surface area contributed by atoms with E-state index in [1.165, 1.54) is 40.2 Å². The molecular formula is C19H42N2O5. The normalized spacial score (nSPS) is 8.81. The van der Waals surface area contributed by atoms with E-state index in [-0.39, 0.29) is 18.9 Å². The Morgan fingerprint density at radius 1 is 1.04 bits per heavy atom. The molecule has 0 aromatic heterocycles. The van der Waals surface area contributed by atoms with Crippen LogP contribution in [-0.2, 0) is 19.2 Å². The first-order chi connectivity index (χ1) is 12.3. The quantitative estimate of drug-likeness (QED) is 0.588. The largest absolute Gasteiger partial charge is 0.481 e. The van der Waals surface area contributed by atoms with Gasteiger partial charge in [0.1, 0.15) is 6.29 Å². The summed E-state index contributed by atoms with van der Waals surface area (Å²) in [5, 5.41) is 13.1. The van der Waals surface area contributed by atoms with Crippen LogP contribution in [0.3, 0.4) is 0 Å². The van der Waals surface area contributed by atoms with Crippen molar-refractivity contribution < 1.29 is 24.3 Å². The second-order valence-corrected chi connectivity index (χ2v) is 4.48. The SMILES string of the molecule is CC.CC.CC=O.CCCCC.CNC(=O)CNC(=O)[C@@H](C)CC(=O)O. The van der Waals surface area contributed by atoms with Crippen LogP contribution in [-0.4, -0.2) is 42.8 Å². The van der Waals surface area contributed by atoms with E-state index in [0.717, 1.165) is 6.29 Å². The monoisotopic (exact) mass is 378 g/mol. The predicted molar refractivity (Wildman–Crippen MR) is 108 cm³/mol. The maximum atomic E-state index is 11.1. The lowest BCUT2D eigenvalue weighted by Crippen LogP contribution is -2.38. The molecule has 0 heterocycles. The van der Waals surface area contributed by atoms with Gasteiger partial charge in [0, 0.05) is 13.0 Å². The Morgan fingerprint density at radius 3 is 1.65 bits per heavy atom. The van der Waals surface area contributed by atoms with Gasteiger partial charge in [-0.3, -0.25) is 14.4 Å². The molecule has 2 amide bonds. The van der Waals surface area contributed by atoms with Crippen LogP contribution < -0.4 is 10.6 Å². The first kappa shape index (κ1) is 35.2. The Morgan fingerprint density at radius 2 is 1.42 bits per heavy atom. The summed E-state index contributed by atoms with van der Waals surface area (Å²) in [6.07, 6.45) is 4.59. The van der Waals surface area contributed by atoms with Crippen molar-refractivity contribution in [2.75, 3.05) is 13.6 Å². The van der Waals surface area contributed by atoms with E-state index in [9.17, 15) is 14.4 Å². The van der Waals surface area contributed by atoms with Crippen molar-refractivity contribution in [2.24, 2.45) is 5.92 Å². The third-order valence-electron chi connectivity index (χ3n) is 2.34. The molecular weight excluding hydrogens is 336 g/mol. The van der Waals surface area contributed by atoms with E-state index < -0.39 is 17.8 Å². The van der Waals surface area contributed by atoms with Crippen molar-refractivity contribution in [3.05, 3.63) is 0 Å². The number of carbonyl (C=O) groups is 4. The minimum Gasteiger partial charge on any atom is -0.481 e. The average Bonchev–Trinajstić information content (AvgIpc) is 2.64. The van der Waals surface area contributed by atoms with Crippen molar-refractivity contribution in [3.8, 4) is 0 Å². The zero-order chi connectivity index (χ0) is 22.0. The van der Waals surface area contributed by atoms with Crippen LogP contribution in [0.5, 0.6) is 0 Å². The summed E-state index contributed by atoms with van der Waals surface area (Å²) in [6, 6.07) is 0. The fourth-order valence-electron chi connectivity index (χ4n) is 1.14. The van der Waals surface area contributed by atoms with E-state index in [1.807, 2.05) is 27.7 Å². The second kappa shape index (κ2) is 34.4. The molecule has 1 atom stereocenters. The molecule has 0 aliphatic heterocycles. The number of hydrogen-bond donors (Lipinski definition) is 3. The summed E-state index contributed by atoms with van der Waals surface area (Å²) in [4.78, 5) is 40.9. The number of rotatable bonds is 7. The molecule has 0 bridgehead atoms. The molecule has 0 unspecified atom stereocenters. The molecule has 0 fully saturated rings. The summed E-state index contributed by atoms with van der Waals surface area (Å²) in [5.74, 6) is -2.42. The number of nitrogens with one attached hydrogen (secondary N) is 2. The van der Waals surface area contributed by atoms with Crippen LogP contribution in [0.1, 0.15) is 81.1 Å². The van der Waals surface area contributed by atoms with Gasteiger partial charge in [-0.1, -0.05) is 67.7 Å². The highest BCUT2D eigenvalue weighted by molar-refractivity contribution is 5.87. The molecule has 0 saturated carbocycles. The molecule has 26 heavy (non-hydrogen) atoms. The molecule has 0 aromatic carbocycles. The number of carboxylic acids is 1. The van der Waals surface area contributed by atoms with Crippen LogP contribution in [0.2, 0.25) is 0 Å². The first-order valence-corrected chi connectivity index (χ1v) is 9.40. The molecule has 0 spiro atoms. The lowest BCUT2D eigenvalue weighted by atomic mass is 10.1. The highest BCUT2D eigenvalue weighted by atomic mass is 16.4. The molecule has 0 saturated heterocycles. The fraction of sp³-hybridized carbons (Fsp3) is 0.789. The van der Waals surface area contributed by atoms with E-state index in [2.05, 4.69) is 24.5 Å². The Balaban J connectivity index is -0.000000101. The van der Waals surface area contributed by atoms with Crippen molar-refractivity contribution in [1.29, 1.82) is 0 Å². The van der Waals surface area contributed by atoms with E-state index in [1.54, 1.807) is 0 Å². The van der Waals surface area contributed by atoms with Crippen LogP contribution in [0.4, 0.5) is 0 Å². The Labute approximate surface area is 160 Å². The van der Waals surface area contributed by atoms with Gasteiger partial charge in [-0.15, -0.1) is 0 Å². The maximum Gasteiger partial charge on any atom is 0.304 e. The third-order valence-corrected chi connectivity index (χ3v) is 2.34. The molecule has 0 aliphatic carbocycles. The molecule has 7 heteroatoms. The van der Waals surface area contributed by atoms with Gasteiger partial charge >= 0.3 is 5.97 Å². The summed E-state index contributed by atoms with van der Waals surface area (Å²) in [6.45, 7) is 15.2. The Bertz CT molecular complexity index is 319. The molecule has 7 nitrogen and oxygen atoms in total. The van der Waals surface area contributed by atoms with Crippen molar-refractivity contribution in [3.63, 3.8) is 0 Å². The molecule has 158 valence electrons. The standard InChI is InChI=1S/C8H14N2O4.C5H12.C2H4O.2C2H6/c1-5(3-7(12)13)8(14)10-4-6(11)9-2;1-3-5-4-2;1-2-3;2*1-2/h5H,3-4H2,1-2H3,(H,9,11)(H,10,14)(H,12,13);3-5H2,1-2H3;2H,1H3;2*1-2H3/t5-;;;;/m0..../s1. The zero-order valence-electron chi connectivity index (χ0n) is 18.3. The van der Waals surface area contributed by atoms with Crippen LogP contribution in [0.15, 0.2) is 0 Å². The fourth-order valence-corrected chi connectivity index (χ4v) is 1.14. The van der Waals surface area contributed by atoms with Gasteiger partial charge in [-0.25, -0.2) is 0 Å². The number of carboxylic acid groups (broad SMARTS) is 1. The topological polar surface area (TPSA) is 113 Å². The van der Waals surface area contributed by atoms with Crippen LogP contribution in [0.25, 0.3) is 0 Å². The van der Waals surface area contributed by atoms with Gasteiger partial charge in [0.05, 0.1) is 13.0 Å². The Kier molecular flexibility index (Phi) is 46.6. The highest BCUT2D eigenvalue weighted by Gasteiger charge is 2.16. The molecule has 3 N–H and O–H groups in total. The van der Waals surface area contributed by atoms with Crippen LogP contribution >= 0.6 is 0 Å². The average molecular weight is 379 g/mol. The minimum atomic E-state index is -1.03. The lowest BCUT2D eigenvalue weighted by Gasteiger charge is -2.08. The molecule has 0 rings (SSSR count). The predicted octanol–water partition coefficient (Wildman–Crippen LogP) is 3.41. The van der Waals surface area contributed by atoms with E-state index in [4.69, 9.17) is 9.90 Å². The molecule has 0 aromatic rings.